The molecule has 2 aromatic carbocycles. The number of fused-ring (bicyclic) bond motifs is 2. The molecule has 0 spiro atoms. The molecule has 0 bridgehead atoms. The second-order valence-electron chi connectivity index (χ2n) is 5.86. The quantitative estimate of drug-likeness (QED) is 0.750. The van der Waals surface area contributed by atoms with Gasteiger partial charge in [-0.05, 0) is 35.9 Å². The van der Waals surface area contributed by atoms with Crippen LogP contribution in [0.4, 0.5) is 5.69 Å². The Morgan fingerprint density at radius 1 is 1.40 bits per heavy atom. The van der Waals surface area contributed by atoms with Crippen molar-refractivity contribution in [3.63, 3.8) is 0 Å². The summed E-state index contributed by atoms with van der Waals surface area (Å²) in [6.45, 7) is 0.227. The molecule has 7 heteroatoms. The molecule has 0 saturated carbocycles. The fourth-order valence-electron chi connectivity index (χ4n) is 2.93. The lowest BCUT2D eigenvalue weighted by atomic mass is 10.1. The maximum atomic E-state index is 12.4. The Kier molecular flexibility index (Phi) is 3.97. The zero-order valence-electron chi connectivity index (χ0n) is 13.5. The van der Waals surface area contributed by atoms with E-state index in [1.165, 1.54) is 0 Å². The highest BCUT2D eigenvalue weighted by molar-refractivity contribution is 6.30. The van der Waals surface area contributed by atoms with Crippen LogP contribution in [0, 0.1) is 0 Å². The monoisotopic (exact) mass is 357 g/mol. The number of nitrogens with zero attached hydrogens (tertiary/aromatic N) is 1. The molecule has 1 atom stereocenters. The normalized spacial score (nSPS) is 15.7. The lowest BCUT2D eigenvalue weighted by molar-refractivity contribution is -0.122. The van der Waals surface area contributed by atoms with Crippen LogP contribution in [0.1, 0.15) is 11.5 Å². The van der Waals surface area contributed by atoms with E-state index in [4.69, 9.17) is 20.8 Å². The number of oxazole rings is 1. The van der Waals surface area contributed by atoms with Crippen LogP contribution >= 0.6 is 11.6 Å². The molecule has 3 aromatic rings. The molecule has 2 N–H and O–H groups in total. The molecule has 1 aliphatic heterocycles. The summed E-state index contributed by atoms with van der Waals surface area (Å²) in [5.74, 6) is 1.06. The Labute approximate surface area is 149 Å². The summed E-state index contributed by atoms with van der Waals surface area (Å²) in [6, 6.07) is 10.7. The van der Waals surface area contributed by atoms with Gasteiger partial charge in [-0.15, -0.1) is 0 Å². The summed E-state index contributed by atoms with van der Waals surface area (Å²) in [5, 5.41) is 6.73. The van der Waals surface area contributed by atoms with Crippen LogP contribution in [0.3, 0.4) is 0 Å². The number of rotatable bonds is 4. The largest absolute Gasteiger partial charge is 0.497 e. The Bertz CT molecular complexity index is 954. The molecule has 25 heavy (non-hydrogen) atoms. The Hall–Kier alpha value is -2.73. The average molecular weight is 358 g/mol. The van der Waals surface area contributed by atoms with Crippen molar-refractivity contribution in [2.45, 2.75) is 19.0 Å². The van der Waals surface area contributed by atoms with E-state index >= 15 is 0 Å². The van der Waals surface area contributed by atoms with Gasteiger partial charge in [-0.1, -0.05) is 11.6 Å². The molecule has 1 aliphatic rings. The number of hydrogen-bond acceptors (Lipinski definition) is 5. The predicted octanol–water partition coefficient (Wildman–Crippen LogP) is 3.14. The molecular formula is C18H16ClN3O3. The minimum Gasteiger partial charge on any atom is -0.497 e. The summed E-state index contributed by atoms with van der Waals surface area (Å²) in [7, 11) is 1.60. The molecule has 0 saturated heterocycles. The van der Waals surface area contributed by atoms with Crippen LogP contribution in [0.25, 0.3) is 11.1 Å². The smallest absolute Gasteiger partial charge is 0.243 e. The van der Waals surface area contributed by atoms with Crippen molar-refractivity contribution in [3.8, 4) is 5.75 Å². The topological polar surface area (TPSA) is 76.4 Å². The second-order valence-corrected chi connectivity index (χ2v) is 6.30. The van der Waals surface area contributed by atoms with Gasteiger partial charge in [-0.2, -0.15) is 0 Å². The minimum absolute atomic E-state index is 0.104. The summed E-state index contributed by atoms with van der Waals surface area (Å²) in [6.07, 6.45) is 0.604. The van der Waals surface area contributed by atoms with Crippen molar-refractivity contribution < 1.29 is 13.9 Å². The number of ether oxygens (including phenoxy) is 1. The van der Waals surface area contributed by atoms with E-state index in [1.807, 2.05) is 12.1 Å². The van der Waals surface area contributed by atoms with E-state index < -0.39 is 0 Å². The number of nitrogens with one attached hydrogen (secondary N) is 2. The van der Waals surface area contributed by atoms with Crippen LogP contribution < -0.4 is 15.4 Å². The van der Waals surface area contributed by atoms with Gasteiger partial charge in [-0.25, -0.2) is 4.98 Å². The molecule has 0 unspecified atom stereocenters. The Morgan fingerprint density at radius 3 is 3.12 bits per heavy atom. The lowest BCUT2D eigenvalue weighted by Crippen LogP contribution is -2.38. The zero-order chi connectivity index (χ0) is 17.4. The molecular weight excluding hydrogens is 342 g/mol. The number of halogens is 1. The van der Waals surface area contributed by atoms with E-state index in [0.29, 0.717) is 34.2 Å². The van der Waals surface area contributed by atoms with E-state index in [9.17, 15) is 4.79 Å². The van der Waals surface area contributed by atoms with Crippen LogP contribution in [-0.2, 0) is 17.8 Å². The average Bonchev–Trinajstić information content (AvgIpc) is 3.21. The minimum atomic E-state index is -0.321. The van der Waals surface area contributed by atoms with Gasteiger partial charge < -0.3 is 19.8 Å². The SMILES string of the molecule is COc1ccc2oc(CNC(=O)[C@H]3Cc4cc(Cl)ccc4N3)nc2c1. The van der Waals surface area contributed by atoms with E-state index in [2.05, 4.69) is 15.6 Å². The number of benzene rings is 2. The number of methoxy groups -OCH3 is 1. The molecule has 0 aliphatic carbocycles. The van der Waals surface area contributed by atoms with Crippen molar-refractivity contribution >= 4 is 34.3 Å². The molecule has 6 nitrogen and oxygen atoms in total. The summed E-state index contributed by atoms with van der Waals surface area (Å²) in [5.41, 5.74) is 3.34. The fourth-order valence-corrected chi connectivity index (χ4v) is 3.13. The summed E-state index contributed by atoms with van der Waals surface area (Å²) in [4.78, 5) is 16.8. The van der Waals surface area contributed by atoms with Crippen LogP contribution in [0.15, 0.2) is 40.8 Å². The molecule has 128 valence electrons. The number of carbonyl (C=O) groups excluding carboxylic acids is 1. The van der Waals surface area contributed by atoms with Gasteiger partial charge in [0.1, 0.15) is 17.3 Å². The molecule has 1 amide bonds. The van der Waals surface area contributed by atoms with E-state index in [1.54, 1.807) is 31.4 Å². The first-order valence-electron chi connectivity index (χ1n) is 7.88. The maximum Gasteiger partial charge on any atom is 0.243 e. The number of carbonyl (C=O) groups is 1. The number of hydrogen-bond donors (Lipinski definition) is 2. The molecule has 4 rings (SSSR count). The second kappa shape index (κ2) is 6.29. The first-order chi connectivity index (χ1) is 12.1. The maximum absolute atomic E-state index is 12.4. The van der Waals surface area contributed by atoms with Gasteiger partial charge in [0.15, 0.2) is 5.58 Å². The Morgan fingerprint density at radius 2 is 2.28 bits per heavy atom. The van der Waals surface area contributed by atoms with Gasteiger partial charge in [0.2, 0.25) is 11.8 Å². The third kappa shape index (κ3) is 3.13. The van der Waals surface area contributed by atoms with Crippen molar-refractivity contribution in [2.24, 2.45) is 0 Å². The third-order valence-electron chi connectivity index (χ3n) is 4.19. The number of amides is 1. The first-order valence-corrected chi connectivity index (χ1v) is 8.26. The first kappa shape index (κ1) is 15.8. The molecule has 0 fully saturated rings. The van der Waals surface area contributed by atoms with Crippen molar-refractivity contribution in [2.75, 3.05) is 12.4 Å². The van der Waals surface area contributed by atoms with Gasteiger partial charge in [0.25, 0.3) is 0 Å². The zero-order valence-corrected chi connectivity index (χ0v) is 14.3. The van der Waals surface area contributed by atoms with E-state index in [-0.39, 0.29) is 18.5 Å². The highest BCUT2D eigenvalue weighted by Crippen LogP contribution is 2.28. The lowest BCUT2D eigenvalue weighted by Gasteiger charge is -2.10. The van der Waals surface area contributed by atoms with Gasteiger partial charge in [-0.3, -0.25) is 4.79 Å². The van der Waals surface area contributed by atoms with Gasteiger partial charge in [0.05, 0.1) is 13.7 Å². The molecule has 1 aromatic heterocycles. The van der Waals surface area contributed by atoms with Crippen LogP contribution in [0.5, 0.6) is 5.75 Å². The van der Waals surface area contributed by atoms with Crippen molar-refractivity contribution in [3.05, 3.63) is 52.9 Å². The number of anilines is 1. The van der Waals surface area contributed by atoms with Crippen molar-refractivity contribution in [1.82, 2.24) is 10.3 Å². The van der Waals surface area contributed by atoms with Crippen molar-refractivity contribution in [1.29, 1.82) is 0 Å². The Balaban J connectivity index is 1.41. The van der Waals surface area contributed by atoms with Crippen LogP contribution in [0.2, 0.25) is 5.02 Å². The van der Waals surface area contributed by atoms with Crippen LogP contribution in [-0.4, -0.2) is 24.0 Å². The van der Waals surface area contributed by atoms with Gasteiger partial charge in [0, 0.05) is 23.2 Å². The van der Waals surface area contributed by atoms with Gasteiger partial charge >= 0.3 is 0 Å². The highest BCUT2D eigenvalue weighted by Gasteiger charge is 2.26. The highest BCUT2D eigenvalue weighted by atomic mass is 35.5. The predicted molar refractivity (Wildman–Crippen MR) is 95.0 cm³/mol. The third-order valence-corrected chi connectivity index (χ3v) is 4.43. The number of aromatic nitrogens is 1. The molecule has 0 radical (unpaired) electrons. The standard InChI is InChI=1S/C18H16ClN3O3/c1-24-12-3-5-16-14(8-12)22-17(25-16)9-20-18(23)15-7-10-6-11(19)2-4-13(10)21-15/h2-6,8,15,21H,7,9H2,1H3,(H,20,23)/t15-/m1/s1. The fraction of sp³-hybridized carbons (Fsp3) is 0.222. The summed E-state index contributed by atoms with van der Waals surface area (Å²) < 4.78 is 10.8. The summed E-state index contributed by atoms with van der Waals surface area (Å²) >= 11 is 5.99. The van der Waals surface area contributed by atoms with E-state index in [0.717, 1.165) is 11.3 Å². The molecule has 2 heterocycles.